The summed E-state index contributed by atoms with van der Waals surface area (Å²) in [7, 11) is 0. The summed E-state index contributed by atoms with van der Waals surface area (Å²) in [4.78, 5) is 23.7. The topological polar surface area (TPSA) is 49.9 Å². The van der Waals surface area contributed by atoms with E-state index in [1.807, 2.05) is 0 Å². The minimum atomic E-state index is -2.81. The molecule has 0 amide bonds. The Morgan fingerprint density at radius 1 is 1.57 bits per heavy atom. The zero-order valence-electron chi connectivity index (χ0n) is 6.48. The molecule has 1 aromatic heterocycles. The number of pyridine rings is 1. The Balaban J connectivity index is 3.48. The van der Waals surface area contributed by atoms with Crippen molar-refractivity contribution in [2.45, 2.75) is 6.43 Å². The third-order valence-electron chi connectivity index (χ3n) is 1.44. The second kappa shape index (κ2) is 4.35. The van der Waals surface area contributed by atoms with E-state index < -0.39 is 22.8 Å². The Morgan fingerprint density at radius 3 is 2.57 bits per heavy atom. The van der Waals surface area contributed by atoms with Crippen LogP contribution in [0.5, 0.6) is 0 Å². The number of halogens is 4. The number of carbonyl (C=O) groups is 1. The van der Waals surface area contributed by atoms with Crippen LogP contribution in [0.3, 0.4) is 0 Å². The number of aromatic amines is 1. The van der Waals surface area contributed by atoms with Gasteiger partial charge in [0.2, 0.25) is 5.56 Å². The first-order valence-electron chi connectivity index (χ1n) is 3.34. The van der Waals surface area contributed by atoms with Crippen LogP contribution in [-0.4, -0.2) is 10.2 Å². The number of alkyl halides is 2. The van der Waals surface area contributed by atoms with Crippen LogP contribution in [0.2, 0.25) is 0 Å². The van der Waals surface area contributed by atoms with Crippen molar-refractivity contribution in [2.75, 3.05) is 0 Å². The highest BCUT2D eigenvalue weighted by atomic mass is 127. The van der Waals surface area contributed by atoms with E-state index in [0.29, 0.717) is 0 Å². The van der Waals surface area contributed by atoms with Crippen molar-refractivity contribution < 1.29 is 13.6 Å². The van der Waals surface area contributed by atoms with E-state index in [4.69, 9.17) is 11.6 Å². The van der Waals surface area contributed by atoms with Gasteiger partial charge < -0.3 is 4.98 Å². The largest absolute Gasteiger partial charge is 0.317 e. The molecule has 7 heteroatoms. The Bertz CT molecular complexity index is 432. The molecular formula is C7H3ClF2INO2. The number of H-pyrrole nitrogens is 1. The predicted octanol–water partition coefficient (Wildman–Crippen LogP) is 2.30. The Hall–Kier alpha value is -0.500. The average Bonchev–Trinajstić information content (AvgIpc) is 2.07. The maximum absolute atomic E-state index is 12.3. The van der Waals surface area contributed by atoms with Gasteiger partial charge in [-0.1, -0.05) is 0 Å². The standard InChI is InChI=1S/C7H3ClF2INO2/c8-6(14)5-4(11)2(7(9)10)1-3(13)12-5/h1,7H,(H,12,13). The number of carbonyl (C=O) groups excluding carboxylic acids is 1. The zero-order valence-corrected chi connectivity index (χ0v) is 9.40. The summed E-state index contributed by atoms with van der Waals surface area (Å²) < 4.78 is 24.6. The minimum absolute atomic E-state index is 0.0304. The summed E-state index contributed by atoms with van der Waals surface area (Å²) in [5.74, 6) is 0. The fourth-order valence-corrected chi connectivity index (χ4v) is 1.93. The molecule has 0 aliphatic rings. The quantitative estimate of drug-likeness (QED) is 0.667. The maximum atomic E-state index is 12.3. The van der Waals surface area contributed by atoms with Crippen LogP contribution < -0.4 is 5.56 Å². The molecule has 0 fully saturated rings. The van der Waals surface area contributed by atoms with Gasteiger partial charge in [0.05, 0.1) is 3.57 Å². The second-order valence-corrected chi connectivity index (χ2v) is 3.77. The van der Waals surface area contributed by atoms with E-state index in [0.717, 1.165) is 6.07 Å². The number of hydrogen-bond donors (Lipinski definition) is 1. The first kappa shape index (κ1) is 11.6. The van der Waals surface area contributed by atoms with Gasteiger partial charge in [0.25, 0.3) is 11.7 Å². The van der Waals surface area contributed by atoms with Gasteiger partial charge in [0.15, 0.2) is 0 Å². The summed E-state index contributed by atoms with van der Waals surface area (Å²) in [6.45, 7) is 0. The molecule has 0 radical (unpaired) electrons. The third-order valence-corrected chi connectivity index (χ3v) is 2.79. The van der Waals surface area contributed by atoms with E-state index in [-0.39, 0.29) is 9.26 Å². The molecule has 3 nitrogen and oxygen atoms in total. The SMILES string of the molecule is O=C(Cl)c1[nH]c(=O)cc(C(F)F)c1I. The molecule has 0 bridgehead atoms. The lowest BCUT2D eigenvalue weighted by atomic mass is 10.2. The maximum Gasteiger partial charge on any atom is 0.269 e. The lowest BCUT2D eigenvalue weighted by Gasteiger charge is -2.04. The molecule has 0 aliphatic heterocycles. The molecule has 1 N–H and O–H groups in total. The van der Waals surface area contributed by atoms with Gasteiger partial charge in [0.1, 0.15) is 5.69 Å². The molecule has 1 rings (SSSR count). The van der Waals surface area contributed by atoms with Gasteiger partial charge in [-0.3, -0.25) is 9.59 Å². The third kappa shape index (κ3) is 2.30. The van der Waals surface area contributed by atoms with Crippen LogP contribution >= 0.6 is 34.2 Å². The van der Waals surface area contributed by atoms with Crippen molar-refractivity contribution >= 4 is 39.4 Å². The number of aromatic nitrogens is 1. The number of hydrogen-bond acceptors (Lipinski definition) is 2. The molecule has 0 saturated heterocycles. The number of rotatable bonds is 2. The first-order valence-corrected chi connectivity index (χ1v) is 4.80. The van der Waals surface area contributed by atoms with Crippen molar-refractivity contribution in [1.82, 2.24) is 4.98 Å². The zero-order chi connectivity index (χ0) is 10.9. The molecule has 0 atom stereocenters. The van der Waals surface area contributed by atoms with Crippen molar-refractivity contribution in [2.24, 2.45) is 0 Å². The minimum Gasteiger partial charge on any atom is -0.317 e. The van der Waals surface area contributed by atoms with Crippen molar-refractivity contribution in [3.05, 3.63) is 31.2 Å². The summed E-state index contributed by atoms with van der Waals surface area (Å²) in [6, 6.07) is 0.746. The molecule has 76 valence electrons. The van der Waals surface area contributed by atoms with Crippen molar-refractivity contribution in [1.29, 1.82) is 0 Å². The molecule has 1 heterocycles. The molecule has 0 aliphatic carbocycles. The molecular weight excluding hydrogens is 330 g/mol. The molecule has 1 aromatic rings. The van der Waals surface area contributed by atoms with Gasteiger partial charge >= 0.3 is 0 Å². The molecule has 0 saturated carbocycles. The van der Waals surface area contributed by atoms with Crippen molar-refractivity contribution in [3.63, 3.8) is 0 Å². The molecule has 0 aromatic carbocycles. The van der Waals surface area contributed by atoms with E-state index in [1.165, 1.54) is 22.6 Å². The van der Waals surface area contributed by atoms with Gasteiger partial charge in [-0.15, -0.1) is 0 Å². The van der Waals surface area contributed by atoms with E-state index in [2.05, 4.69) is 4.98 Å². The summed E-state index contributed by atoms with van der Waals surface area (Å²) in [6.07, 6.45) is -2.81. The number of nitrogens with one attached hydrogen (secondary N) is 1. The van der Waals surface area contributed by atoms with Crippen LogP contribution in [0.15, 0.2) is 10.9 Å². The van der Waals surface area contributed by atoms with E-state index in [1.54, 1.807) is 0 Å². The van der Waals surface area contributed by atoms with Crippen LogP contribution in [0.4, 0.5) is 8.78 Å². The highest BCUT2D eigenvalue weighted by molar-refractivity contribution is 14.1. The first-order chi connectivity index (χ1) is 6.43. The summed E-state index contributed by atoms with van der Waals surface area (Å²) in [5, 5.41) is -0.964. The van der Waals surface area contributed by atoms with Crippen LogP contribution in [-0.2, 0) is 0 Å². The Kier molecular flexibility index (Phi) is 3.59. The van der Waals surface area contributed by atoms with Gasteiger partial charge in [-0.25, -0.2) is 8.78 Å². The van der Waals surface area contributed by atoms with Crippen LogP contribution in [0.25, 0.3) is 0 Å². The normalized spacial score (nSPS) is 10.6. The highest BCUT2D eigenvalue weighted by Crippen LogP contribution is 2.25. The average molecular weight is 333 g/mol. The Labute approximate surface area is 95.6 Å². The predicted molar refractivity (Wildman–Crippen MR) is 54.9 cm³/mol. The molecule has 0 spiro atoms. The molecule has 0 unspecified atom stereocenters. The van der Waals surface area contributed by atoms with Crippen LogP contribution in [0.1, 0.15) is 22.5 Å². The second-order valence-electron chi connectivity index (χ2n) is 2.35. The highest BCUT2D eigenvalue weighted by Gasteiger charge is 2.18. The van der Waals surface area contributed by atoms with Gasteiger partial charge in [0, 0.05) is 11.6 Å². The lowest BCUT2D eigenvalue weighted by molar-refractivity contribution is 0.107. The van der Waals surface area contributed by atoms with E-state index in [9.17, 15) is 18.4 Å². The smallest absolute Gasteiger partial charge is 0.269 e. The van der Waals surface area contributed by atoms with E-state index >= 15 is 0 Å². The monoisotopic (exact) mass is 333 g/mol. The van der Waals surface area contributed by atoms with Crippen molar-refractivity contribution in [3.8, 4) is 0 Å². The van der Waals surface area contributed by atoms with Crippen LogP contribution in [0, 0.1) is 3.57 Å². The summed E-state index contributed by atoms with van der Waals surface area (Å²) >= 11 is 6.63. The fourth-order valence-electron chi connectivity index (χ4n) is 0.857. The molecule has 14 heavy (non-hydrogen) atoms. The lowest BCUT2D eigenvalue weighted by Crippen LogP contribution is -2.14. The summed E-state index contributed by atoms with van der Waals surface area (Å²) in [5.41, 5.74) is -1.56. The van der Waals surface area contributed by atoms with Gasteiger partial charge in [-0.05, 0) is 34.2 Å². The fraction of sp³-hybridized carbons (Fsp3) is 0.143. The Morgan fingerprint density at radius 2 is 2.14 bits per heavy atom. The van der Waals surface area contributed by atoms with Gasteiger partial charge in [-0.2, -0.15) is 0 Å².